The first-order valence-electron chi connectivity index (χ1n) is 3.38. The first kappa shape index (κ1) is 10.4. The summed E-state index contributed by atoms with van der Waals surface area (Å²) >= 11 is 0. The average molecular weight is 204 g/mol. The quantitative estimate of drug-likeness (QED) is 0.531. The van der Waals surface area contributed by atoms with E-state index in [-0.39, 0.29) is 6.92 Å². The van der Waals surface area contributed by atoms with Crippen LogP contribution in [0.15, 0.2) is 11.4 Å². The molecule has 13 heavy (non-hydrogen) atoms. The molecule has 1 unspecified atom stereocenters. The molecule has 1 rings (SSSR count). The lowest BCUT2D eigenvalue weighted by Gasteiger charge is -2.27. The molecule has 1 aliphatic carbocycles. The Bertz CT molecular complexity index is 249. The van der Waals surface area contributed by atoms with Gasteiger partial charge in [0.15, 0.2) is 5.83 Å². The molecule has 1 atom stereocenters. The zero-order chi connectivity index (χ0) is 10.7. The Morgan fingerprint density at radius 2 is 1.38 bits per heavy atom. The van der Waals surface area contributed by atoms with Crippen LogP contribution in [0.3, 0.4) is 0 Å². The lowest BCUT2D eigenvalue weighted by Crippen LogP contribution is -2.49. The van der Waals surface area contributed by atoms with Gasteiger partial charge in [0.05, 0.1) is 0 Å². The van der Waals surface area contributed by atoms with Gasteiger partial charge >= 0.3 is 11.8 Å². The zero-order valence-corrected chi connectivity index (χ0v) is 6.77. The summed E-state index contributed by atoms with van der Waals surface area (Å²) in [7, 11) is 0. The van der Waals surface area contributed by atoms with Crippen molar-refractivity contribution < 1.29 is 26.3 Å². The molecule has 0 aromatic rings. The molecule has 0 aromatic heterocycles. The number of allylic oxidation sites excluding steroid dienone is 2. The summed E-state index contributed by atoms with van der Waals surface area (Å²) < 4.78 is 75.6. The minimum atomic E-state index is -5.04. The van der Waals surface area contributed by atoms with Gasteiger partial charge in [-0.2, -0.15) is 17.6 Å². The van der Waals surface area contributed by atoms with E-state index >= 15 is 0 Å². The molecule has 0 saturated carbocycles. The van der Waals surface area contributed by atoms with E-state index in [9.17, 15) is 26.3 Å². The minimum Gasteiger partial charge on any atom is -0.232 e. The molecule has 0 amide bonds. The van der Waals surface area contributed by atoms with Gasteiger partial charge in [0, 0.05) is 5.57 Å². The van der Waals surface area contributed by atoms with E-state index in [0.29, 0.717) is 6.92 Å². The zero-order valence-electron chi connectivity index (χ0n) is 6.77. The third-order valence-corrected chi connectivity index (χ3v) is 2.29. The Labute approximate surface area is 70.2 Å². The standard InChI is InChI=1S/C7H6F6/c1-3-4(8)6(10,11)7(12,13)5(3,2)9/h1-2H3. The van der Waals surface area contributed by atoms with E-state index in [2.05, 4.69) is 0 Å². The lowest BCUT2D eigenvalue weighted by molar-refractivity contribution is -0.229. The van der Waals surface area contributed by atoms with Gasteiger partial charge in [-0.05, 0) is 13.8 Å². The largest absolute Gasteiger partial charge is 0.364 e. The van der Waals surface area contributed by atoms with E-state index in [4.69, 9.17) is 0 Å². The molecule has 76 valence electrons. The van der Waals surface area contributed by atoms with Gasteiger partial charge in [-0.1, -0.05) is 0 Å². The molecular weight excluding hydrogens is 198 g/mol. The number of hydrogen-bond acceptors (Lipinski definition) is 0. The van der Waals surface area contributed by atoms with E-state index < -0.39 is 28.9 Å². The van der Waals surface area contributed by atoms with Crippen molar-refractivity contribution in [1.29, 1.82) is 0 Å². The molecule has 0 bridgehead atoms. The summed E-state index contributed by atoms with van der Waals surface area (Å²) in [5.74, 6) is -12.4. The Kier molecular flexibility index (Phi) is 1.77. The van der Waals surface area contributed by atoms with Crippen molar-refractivity contribution in [3.05, 3.63) is 11.4 Å². The second-order valence-electron chi connectivity index (χ2n) is 3.09. The van der Waals surface area contributed by atoms with Crippen LogP contribution in [0.25, 0.3) is 0 Å². The molecule has 1 aliphatic rings. The van der Waals surface area contributed by atoms with Crippen molar-refractivity contribution in [2.24, 2.45) is 0 Å². The second-order valence-corrected chi connectivity index (χ2v) is 3.09. The van der Waals surface area contributed by atoms with Crippen LogP contribution in [0, 0.1) is 0 Å². The van der Waals surface area contributed by atoms with Crippen LogP contribution < -0.4 is 0 Å². The fraction of sp³-hybridized carbons (Fsp3) is 0.714. The smallest absolute Gasteiger partial charge is 0.232 e. The van der Waals surface area contributed by atoms with E-state index in [1.165, 1.54) is 0 Å². The number of alkyl halides is 5. The van der Waals surface area contributed by atoms with Gasteiger partial charge in [-0.15, -0.1) is 0 Å². The van der Waals surface area contributed by atoms with Crippen molar-refractivity contribution in [3.63, 3.8) is 0 Å². The summed E-state index contributed by atoms with van der Waals surface area (Å²) in [6.45, 7) is 0.826. The first-order valence-corrected chi connectivity index (χ1v) is 3.38. The summed E-state index contributed by atoms with van der Waals surface area (Å²) in [5.41, 5.74) is -4.87. The highest BCUT2D eigenvalue weighted by atomic mass is 19.3. The molecule has 0 spiro atoms. The van der Waals surface area contributed by atoms with Crippen molar-refractivity contribution in [2.45, 2.75) is 31.4 Å². The minimum absolute atomic E-state index is 0.239. The van der Waals surface area contributed by atoms with E-state index in [1.54, 1.807) is 0 Å². The highest BCUT2D eigenvalue weighted by Gasteiger charge is 2.76. The Morgan fingerprint density at radius 3 is 1.46 bits per heavy atom. The van der Waals surface area contributed by atoms with Crippen LogP contribution in [0.4, 0.5) is 26.3 Å². The maximum atomic E-state index is 13.0. The maximum Gasteiger partial charge on any atom is 0.364 e. The van der Waals surface area contributed by atoms with Crippen LogP contribution >= 0.6 is 0 Å². The van der Waals surface area contributed by atoms with Crippen LogP contribution in [0.2, 0.25) is 0 Å². The van der Waals surface area contributed by atoms with Crippen molar-refractivity contribution in [3.8, 4) is 0 Å². The molecule has 0 radical (unpaired) electrons. The predicted octanol–water partition coefficient (Wildman–Crippen LogP) is 3.24. The van der Waals surface area contributed by atoms with Gasteiger partial charge in [0.1, 0.15) is 0 Å². The molecule has 0 heterocycles. The molecule has 0 saturated heterocycles. The third kappa shape index (κ3) is 0.886. The van der Waals surface area contributed by atoms with Crippen LogP contribution in [-0.4, -0.2) is 17.5 Å². The van der Waals surface area contributed by atoms with Crippen LogP contribution in [0.5, 0.6) is 0 Å². The van der Waals surface area contributed by atoms with Crippen LogP contribution in [-0.2, 0) is 0 Å². The Morgan fingerprint density at radius 1 is 1.00 bits per heavy atom. The third-order valence-electron chi connectivity index (χ3n) is 2.29. The van der Waals surface area contributed by atoms with Crippen molar-refractivity contribution in [2.75, 3.05) is 0 Å². The molecule has 0 aromatic carbocycles. The molecule has 0 N–H and O–H groups in total. The first-order chi connectivity index (χ1) is 5.57. The topological polar surface area (TPSA) is 0 Å². The molecule has 0 aliphatic heterocycles. The van der Waals surface area contributed by atoms with Crippen molar-refractivity contribution in [1.82, 2.24) is 0 Å². The van der Waals surface area contributed by atoms with Crippen LogP contribution in [0.1, 0.15) is 13.8 Å². The molecule has 0 fully saturated rings. The Hall–Kier alpha value is -0.680. The van der Waals surface area contributed by atoms with Gasteiger partial charge in [0.25, 0.3) is 0 Å². The van der Waals surface area contributed by atoms with Crippen molar-refractivity contribution >= 4 is 0 Å². The number of halogens is 6. The highest BCUT2D eigenvalue weighted by Crippen LogP contribution is 2.58. The van der Waals surface area contributed by atoms with Gasteiger partial charge in [0.2, 0.25) is 5.67 Å². The molecule has 0 nitrogen and oxygen atoms in total. The number of rotatable bonds is 0. The normalized spacial score (nSPS) is 36.9. The summed E-state index contributed by atoms with van der Waals surface area (Å²) in [6, 6.07) is 0. The predicted molar refractivity (Wildman–Crippen MR) is 33.2 cm³/mol. The number of hydrogen-bond donors (Lipinski definition) is 0. The maximum absolute atomic E-state index is 13.0. The lowest BCUT2D eigenvalue weighted by atomic mass is 9.97. The summed E-state index contributed by atoms with van der Waals surface area (Å²) in [4.78, 5) is 0. The second kappa shape index (κ2) is 2.22. The fourth-order valence-corrected chi connectivity index (χ4v) is 1.11. The van der Waals surface area contributed by atoms with E-state index in [1.807, 2.05) is 0 Å². The summed E-state index contributed by atoms with van der Waals surface area (Å²) in [5, 5.41) is 0. The van der Waals surface area contributed by atoms with E-state index in [0.717, 1.165) is 0 Å². The SMILES string of the molecule is CC1=C(F)C(F)(F)C(F)(F)C1(C)F. The summed E-state index contributed by atoms with van der Waals surface area (Å²) in [6.07, 6.45) is 0. The highest BCUT2D eigenvalue weighted by molar-refractivity contribution is 5.37. The Balaban J connectivity index is 3.39. The fourth-order valence-electron chi connectivity index (χ4n) is 1.11. The van der Waals surface area contributed by atoms with Gasteiger partial charge in [-0.3, -0.25) is 0 Å². The molecule has 6 heteroatoms. The molecular formula is C7H6F6. The van der Waals surface area contributed by atoms with Gasteiger partial charge in [-0.25, -0.2) is 8.78 Å². The average Bonchev–Trinajstić information content (AvgIpc) is 2.05. The van der Waals surface area contributed by atoms with Gasteiger partial charge < -0.3 is 0 Å². The monoisotopic (exact) mass is 204 g/mol.